The minimum Gasteiger partial charge on any atom is -0.394 e. The van der Waals surface area contributed by atoms with E-state index >= 15 is 0 Å². The van der Waals surface area contributed by atoms with Crippen molar-refractivity contribution in [3.63, 3.8) is 0 Å². The van der Waals surface area contributed by atoms with E-state index in [0.717, 1.165) is 5.69 Å². The maximum absolute atomic E-state index is 9.14. The van der Waals surface area contributed by atoms with Crippen molar-refractivity contribution in [1.82, 2.24) is 4.98 Å². The lowest BCUT2D eigenvalue weighted by molar-refractivity contribution is 0.249. The van der Waals surface area contributed by atoms with Gasteiger partial charge in [-0.15, -0.1) is 0 Å². The van der Waals surface area contributed by atoms with Gasteiger partial charge in [-0.25, -0.2) is 4.98 Å². The molecule has 80 valence electrons. The Labute approximate surface area is 89.6 Å². The first-order valence-electron chi connectivity index (χ1n) is 4.91. The van der Waals surface area contributed by atoms with Crippen LogP contribution in [0.15, 0.2) is 18.3 Å². The van der Waals surface area contributed by atoms with Crippen LogP contribution in [0.3, 0.4) is 0 Å². The van der Waals surface area contributed by atoms with Crippen molar-refractivity contribution in [3.05, 3.63) is 24.0 Å². The van der Waals surface area contributed by atoms with Gasteiger partial charge in [-0.05, 0) is 18.1 Å². The molecule has 1 heterocycles. The molecule has 1 atom stereocenters. The lowest BCUT2D eigenvalue weighted by Crippen LogP contribution is -2.29. The molecule has 1 aromatic rings. The fraction of sp³-hybridized carbons (Fsp3) is 0.455. The van der Waals surface area contributed by atoms with E-state index in [9.17, 15) is 0 Å². The topological polar surface area (TPSA) is 68.9 Å². The van der Waals surface area contributed by atoms with Crippen LogP contribution < -0.4 is 5.32 Å². The molecule has 0 bridgehead atoms. The number of nitrogens with zero attached hydrogens (tertiary/aromatic N) is 2. The molecule has 4 heteroatoms. The fourth-order valence-electron chi connectivity index (χ4n) is 1.22. The Morgan fingerprint density at radius 1 is 1.60 bits per heavy atom. The normalized spacial score (nSPS) is 12.2. The van der Waals surface area contributed by atoms with Crippen molar-refractivity contribution in [2.45, 2.75) is 19.9 Å². The fourth-order valence-corrected chi connectivity index (χ4v) is 1.22. The van der Waals surface area contributed by atoms with Gasteiger partial charge in [-0.2, -0.15) is 5.26 Å². The van der Waals surface area contributed by atoms with E-state index in [2.05, 4.69) is 10.3 Å². The molecule has 1 unspecified atom stereocenters. The number of pyridine rings is 1. The summed E-state index contributed by atoms with van der Waals surface area (Å²) in [6, 6.07) is 5.43. The van der Waals surface area contributed by atoms with Gasteiger partial charge in [-0.3, -0.25) is 0 Å². The van der Waals surface area contributed by atoms with Gasteiger partial charge in [0.15, 0.2) is 0 Å². The number of anilines is 1. The van der Waals surface area contributed by atoms with Crippen LogP contribution in [0.5, 0.6) is 0 Å². The predicted molar refractivity (Wildman–Crippen MR) is 58.3 cm³/mol. The number of aliphatic hydroxyl groups is 1. The molecule has 0 saturated heterocycles. The maximum atomic E-state index is 9.14. The molecule has 15 heavy (non-hydrogen) atoms. The van der Waals surface area contributed by atoms with E-state index in [4.69, 9.17) is 10.4 Å². The van der Waals surface area contributed by atoms with E-state index in [1.807, 2.05) is 19.9 Å². The number of aliphatic hydroxyl groups excluding tert-OH is 1. The summed E-state index contributed by atoms with van der Waals surface area (Å²) in [4.78, 5) is 3.87. The molecule has 0 spiro atoms. The molecule has 0 fully saturated rings. The number of nitriles is 1. The highest BCUT2D eigenvalue weighted by Crippen LogP contribution is 2.12. The first-order valence-corrected chi connectivity index (χ1v) is 4.91. The van der Waals surface area contributed by atoms with Crippen molar-refractivity contribution in [3.8, 4) is 6.07 Å². The van der Waals surface area contributed by atoms with Crippen LogP contribution in [-0.4, -0.2) is 22.7 Å². The van der Waals surface area contributed by atoms with Crippen LogP contribution in [-0.2, 0) is 0 Å². The monoisotopic (exact) mass is 205 g/mol. The highest BCUT2D eigenvalue weighted by Gasteiger charge is 2.11. The second-order valence-electron chi connectivity index (χ2n) is 3.72. The summed E-state index contributed by atoms with van der Waals surface area (Å²) in [5.41, 5.74) is 1.19. The van der Waals surface area contributed by atoms with Gasteiger partial charge in [0.2, 0.25) is 0 Å². The molecule has 0 radical (unpaired) electrons. The second kappa shape index (κ2) is 5.32. The molecule has 0 aliphatic carbocycles. The van der Waals surface area contributed by atoms with Crippen LogP contribution in [0.1, 0.15) is 19.5 Å². The third kappa shape index (κ3) is 3.22. The Bertz CT molecular complexity index is 357. The zero-order valence-corrected chi connectivity index (χ0v) is 8.94. The van der Waals surface area contributed by atoms with Gasteiger partial charge < -0.3 is 10.4 Å². The molecule has 0 aliphatic heterocycles. The summed E-state index contributed by atoms with van der Waals surface area (Å²) in [7, 11) is 0. The Balaban J connectivity index is 2.75. The lowest BCUT2D eigenvalue weighted by Gasteiger charge is -2.20. The van der Waals surface area contributed by atoms with Crippen molar-refractivity contribution in [2.75, 3.05) is 11.9 Å². The summed E-state index contributed by atoms with van der Waals surface area (Å²) >= 11 is 0. The summed E-state index contributed by atoms with van der Waals surface area (Å²) < 4.78 is 0. The Morgan fingerprint density at radius 2 is 2.33 bits per heavy atom. The zero-order chi connectivity index (χ0) is 11.3. The molecule has 2 N–H and O–H groups in total. The highest BCUT2D eigenvalue weighted by molar-refractivity contribution is 5.46. The molecule has 0 amide bonds. The minimum absolute atomic E-state index is 0.000979. The van der Waals surface area contributed by atoms with Gasteiger partial charge in [-0.1, -0.05) is 13.8 Å². The number of aromatic nitrogens is 1. The largest absolute Gasteiger partial charge is 0.394 e. The molecule has 4 nitrogen and oxygen atoms in total. The number of nitrogens with one attached hydrogen (secondary N) is 1. The SMILES string of the molecule is CC(C)C(CO)Nc1ccnc(C#N)c1. The van der Waals surface area contributed by atoms with E-state index < -0.39 is 0 Å². The summed E-state index contributed by atoms with van der Waals surface area (Å²) in [5, 5.41) is 21.0. The van der Waals surface area contributed by atoms with Crippen LogP contribution >= 0.6 is 0 Å². The van der Waals surface area contributed by atoms with Gasteiger partial charge in [0.1, 0.15) is 11.8 Å². The van der Waals surface area contributed by atoms with Crippen molar-refractivity contribution < 1.29 is 5.11 Å². The van der Waals surface area contributed by atoms with Crippen LogP contribution in [0.2, 0.25) is 0 Å². The molecule has 0 aliphatic rings. The number of hydrogen-bond donors (Lipinski definition) is 2. The molecule has 1 aromatic heterocycles. The first-order chi connectivity index (χ1) is 7.17. The van der Waals surface area contributed by atoms with Crippen LogP contribution in [0.25, 0.3) is 0 Å². The van der Waals surface area contributed by atoms with Gasteiger partial charge in [0.25, 0.3) is 0 Å². The smallest absolute Gasteiger partial charge is 0.142 e. The zero-order valence-electron chi connectivity index (χ0n) is 8.94. The Kier molecular flexibility index (Phi) is 4.07. The standard InChI is InChI=1S/C11H15N3O/c1-8(2)11(7-15)14-9-3-4-13-10(5-9)6-12/h3-5,8,11,15H,7H2,1-2H3,(H,13,14). The predicted octanol–water partition coefficient (Wildman–Crippen LogP) is 1.38. The second-order valence-corrected chi connectivity index (χ2v) is 3.72. The van der Waals surface area contributed by atoms with Crippen molar-refractivity contribution in [2.24, 2.45) is 5.92 Å². The summed E-state index contributed by atoms with van der Waals surface area (Å²) in [6.07, 6.45) is 1.58. The molecular formula is C11H15N3O. The maximum Gasteiger partial charge on any atom is 0.142 e. The molecule has 0 saturated carbocycles. The number of rotatable bonds is 4. The Morgan fingerprint density at radius 3 is 2.87 bits per heavy atom. The average Bonchev–Trinajstić information content (AvgIpc) is 2.25. The van der Waals surface area contributed by atoms with Crippen molar-refractivity contribution in [1.29, 1.82) is 5.26 Å². The van der Waals surface area contributed by atoms with E-state index in [-0.39, 0.29) is 12.6 Å². The number of hydrogen-bond acceptors (Lipinski definition) is 4. The first kappa shape index (κ1) is 11.5. The lowest BCUT2D eigenvalue weighted by atomic mass is 10.1. The van der Waals surface area contributed by atoms with Gasteiger partial charge >= 0.3 is 0 Å². The highest BCUT2D eigenvalue weighted by atomic mass is 16.3. The minimum atomic E-state index is -0.000979. The molecular weight excluding hydrogens is 190 g/mol. The Hall–Kier alpha value is -1.60. The molecule has 1 rings (SSSR count). The van der Waals surface area contributed by atoms with E-state index in [1.54, 1.807) is 18.3 Å². The summed E-state index contributed by atoms with van der Waals surface area (Å²) in [5.74, 6) is 0.328. The van der Waals surface area contributed by atoms with Gasteiger partial charge in [0.05, 0.1) is 12.6 Å². The molecule has 0 aromatic carbocycles. The van der Waals surface area contributed by atoms with Crippen LogP contribution in [0, 0.1) is 17.2 Å². The third-order valence-corrected chi connectivity index (χ3v) is 2.23. The van der Waals surface area contributed by atoms with E-state index in [0.29, 0.717) is 11.6 Å². The van der Waals surface area contributed by atoms with Gasteiger partial charge in [0, 0.05) is 11.9 Å². The average molecular weight is 205 g/mol. The quantitative estimate of drug-likeness (QED) is 0.779. The van der Waals surface area contributed by atoms with E-state index in [1.165, 1.54) is 0 Å². The third-order valence-electron chi connectivity index (χ3n) is 2.23. The summed E-state index contributed by atoms with van der Waals surface area (Å²) in [6.45, 7) is 4.13. The van der Waals surface area contributed by atoms with Crippen LogP contribution in [0.4, 0.5) is 5.69 Å². The van der Waals surface area contributed by atoms with Crippen molar-refractivity contribution >= 4 is 5.69 Å².